The predicted octanol–water partition coefficient (Wildman–Crippen LogP) is 1.41. The molecule has 0 saturated heterocycles. The predicted molar refractivity (Wildman–Crippen MR) is 94.8 cm³/mol. The van der Waals surface area contributed by atoms with Gasteiger partial charge in [-0.25, -0.2) is 17.5 Å². The van der Waals surface area contributed by atoms with Crippen molar-refractivity contribution >= 4 is 27.5 Å². The van der Waals surface area contributed by atoms with Gasteiger partial charge in [-0.05, 0) is 55.9 Å². The van der Waals surface area contributed by atoms with Crippen LogP contribution in [-0.4, -0.2) is 33.8 Å². The normalized spacial score (nSPS) is 11.0. The molecule has 9 heteroatoms. The smallest absolute Gasteiger partial charge is 0.251 e. The molecule has 7 nitrogen and oxygen atoms in total. The zero-order chi connectivity index (χ0) is 19.3. The average Bonchev–Trinajstić information content (AvgIpc) is 2.61. The summed E-state index contributed by atoms with van der Waals surface area (Å²) in [6, 6.07) is 9.35. The molecule has 3 N–H and O–H groups in total. The van der Waals surface area contributed by atoms with Crippen LogP contribution in [0.4, 0.5) is 10.1 Å². The molecule has 0 aliphatic carbocycles. The van der Waals surface area contributed by atoms with Crippen LogP contribution in [0.2, 0.25) is 0 Å². The molecule has 0 fully saturated rings. The van der Waals surface area contributed by atoms with Crippen LogP contribution in [0.3, 0.4) is 0 Å². The Hall–Kier alpha value is -2.78. The van der Waals surface area contributed by atoms with E-state index in [0.29, 0.717) is 5.56 Å². The summed E-state index contributed by atoms with van der Waals surface area (Å²) in [5.41, 5.74) is 1.03. The number of rotatable bonds is 6. The molecule has 0 aliphatic rings. The summed E-state index contributed by atoms with van der Waals surface area (Å²) in [6.07, 6.45) is 0. The van der Waals surface area contributed by atoms with E-state index in [4.69, 9.17) is 0 Å². The van der Waals surface area contributed by atoms with Crippen molar-refractivity contribution in [2.45, 2.75) is 11.8 Å². The summed E-state index contributed by atoms with van der Waals surface area (Å²) in [6.45, 7) is 1.32. The molecule has 0 aromatic heterocycles. The van der Waals surface area contributed by atoms with Gasteiger partial charge in [0.15, 0.2) is 0 Å². The highest BCUT2D eigenvalue weighted by Gasteiger charge is 2.16. The van der Waals surface area contributed by atoms with Crippen molar-refractivity contribution in [3.8, 4) is 0 Å². The van der Waals surface area contributed by atoms with Gasteiger partial charge in [0.1, 0.15) is 5.82 Å². The van der Waals surface area contributed by atoms with E-state index in [-0.39, 0.29) is 22.7 Å². The van der Waals surface area contributed by atoms with Gasteiger partial charge in [0.05, 0.1) is 11.4 Å². The summed E-state index contributed by atoms with van der Waals surface area (Å²) >= 11 is 0. The highest BCUT2D eigenvalue weighted by atomic mass is 32.2. The number of aryl methyl sites for hydroxylation is 1. The molecule has 0 unspecified atom stereocenters. The average molecular weight is 379 g/mol. The van der Waals surface area contributed by atoms with Crippen LogP contribution in [-0.2, 0) is 14.8 Å². The third-order valence-electron chi connectivity index (χ3n) is 3.55. The van der Waals surface area contributed by atoms with Crippen LogP contribution in [0.5, 0.6) is 0 Å². The van der Waals surface area contributed by atoms with E-state index < -0.39 is 27.7 Å². The molecular weight excluding hydrogens is 361 g/mol. The molecule has 0 spiro atoms. The molecule has 2 aromatic rings. The summed E-state index contributed by atoms with van der Waals surface area (Å²) < 4.78 is 38.9. The fourth-order valence-corrected chi connectivity index (χ4v) is 3.14. The van der Waals surface area contributed by atoms with Gasteiger partial charge in [0, 0.05) is 11.3 Å². The maximum absolute atomic E-state index is 12.8. The summed E-state index contributed by atoms with van der Waals surface area (Å²) in [4.78, 5) is 23.9. The number of amides is 2. The van der Waals surface area contributed by atoms with E-state index in [9.17, 15) is 22.4 Å². The Bertz CT molecular complexity index is 928. The third-order valence-corrected chi connectivity index (χ3v) is 5.10. The Kier molecular flexibility index (Phi) is 6.06. The molecule has 0 saturated carbocycles. The van der Waals surface area contributed by atoms with Gasteiger partial charge >= 0.3 is 0 Å². The first-order valence-electron chi connectivity index (χ1n) is 7.61. The zero-order valence-corrected chi connectivity index (χ0v) is 15.0. The number of carbonyl (C=O) groups excluding carboxylic acids is 2. The van der Waals surface area contributed by atoms with Crippen LogP contribution in [0, 0.1) is 12.7 Å². The Morgan fingerprint density at radius 1 is 1.08 bits per heavy atom. The van der Waals surface area contributed by atoms with Crippen LogP contribution < -0.4 is 15.4 Å². The second-order valence-electron chi connectivity index (χ2n) is 5.43. The Labute approximate surface area is 150 Å². The first kappa shape index (κ1) is 19.5. The summed E-state index contributed by atoms with van der Waals surface area (Å²) in [5.74, 6) is -1.52. The van der Waals surface area contributed by atoms with Crippen molar-refractivity contribution < 1.29 is 22.4 Å². The van der Waals surface area contributed by atoms with E-state index >= 15 is 0 Å². The van der Waals surface area contributed by atoms with E-state index in [1.165, 1.54) is 25.2 Å². The summed E-state index contributed by atoms with van der Waals surface area (Å²) in [5, 5.41) is 4.92. The number of halogens is 1. The van der Waals surface area contributed by atoms with Crippen molar-refractivity contribution in [2.24, 2.45) is 0 Å². The van der Waals surface area contributed by atoms with Crippen molar-refractivity contribution in [3.63, 3.8) is 0 Å². The van der Waals surface area contributed by atoms with Gasteiger partial charge in [-0.1, -0.05) is 6.07 Å². The highest BCUT2D eigenvalue weighted by Crippen LogP contribution is 2.19. The maximum Gasteiger partial charge on any atom is 0.251 e. The van der Waals surface area contributed by atoms with Crippen molar-refractivity contribution in [1.29, 1.82) is 0 Å². The van der Waals surface area contributed by atoms with Crippen molar-refractivity contribution in [3.05, 3.63) is 59.4 Å². The van der Waals surface area contributed by atoms with E-state index in [0.717, 1.165) is 12.1 Å². The van der Waals surface area contributed by atoms with E-state index in [1.807, 2.05) is 0 Å². The molecule has 2 rings (SSSR count). The molecule has 2 aromatic carbocycles. The Morgan fingerprint density at radius 3 is 2.35 bits per heavy atom. The standard InChI is InChI=1S/C17H18FN3O4S/c1-11-3-8-14(9-15(11)26(24,25)19-2)21-16(22)10-20-17(23)12-4-6-13(18)7-5-12/h3-9,19H,10H2,1-2H3,(H,20,23)(H,21,22). The number of benzene rings is 2. The molecule has 0 bridgehead atoms. The van der Waals surface area contributed by atoms with Gasteiger partial charge in [-0.2, -0.15) is 0 Å². The van der Waals surface area contributed by atoms with Gasteiger partial charge in [0.25, 0.3) is 5.91 Å². The van der Waals surface area contributed by atoms with Crippen LogP contribution >= 0.6 is 0 Å². The third kappa shape index (κ3) is 4.87. The minimum Gasteiger partial charge on any atom is -0.343 e. The monoisotopic (exact) mass is 379 g/mol. The lowest BCUT2D eigenvalue weighted by atomic mass is 10.2. The van der Waals surface area contributed by atoms with Gasteiger partial charge in [0.2, 0.25) is 15.9 Å². The fraction of sp³-hybridized carbons (Fsp3) is 0.176. The lowest BCUT2D eigenvalue weighted by Gasteiger charge is -2.11. The number of anilines is 1. The van der Waals surface area contributed by atoms with Crippen molar-refractivity contribution in [2.75, 3.05) is 18.9 Å². The quantitative estimate of drug-likeness (QED) is 0.706. The molecule has 0 heterocycles. The Morgan fingerprint density at radius 2 is 1.73 bits per heavy atom. The molecule has 0 atom stereocenters. The van der Waals surface area contributed by atoms with Crippen molar-refractivity contribution in [1.82, 2.24) is 10.0 Å². The Balaban J connectivity index is 2.01. The lowest BCUT2D eigenvalue weighted by molar-refractivity contribution is -0.115. The minimum atomic E-state index is -3.65. The number of hydrogen-bond donors (Lipinski definition) is 3. The van der Waals surface area contributed by atoms with E-state index in [1.54, 1.807) is 19.1 Å². The molecule has 2 amide bonds. The van der Waals surface area contributed by atoms with Crippen LogP contribution in [0.15, 0.2) is 47.4 Å². The topological polar surface area (TPSA) is 104 Å². The second-order valence-corrected chi connectivity index (χ2v) is 7.28. The highest BCUT2D eigenvalue weighted by molar-refractivity contribution is 7.89. The number of sulfonamides is 1. The summed E-state index contributed by atoms with van der Waals surface area (Å²) in [7, 11) is -2.36. The molecule has 0 radical (unpaired) electrons. The molecule has 26 heavy (non-hydrogen) atoms. The van der Waals surface area contributed by atoms with Crippen LogP contribution in [0.1, 0.15) is 15.9 Å². The van der Waals surface area contributed by atoms with Crippen LogP contribution in [0.25, 0.3) is 0 Å². The first-order valence-corrected chi connectivity index (χ1v) is 9.09. The maximum atomic E-state index is 12.8. The minimum absolute atomic E-state index is 0.0492. The molecule has 0 aliphatic heterocycles. The first-order chi connectivity index (χ1) is 12.2. The largest absolute Gasteiger partial charge is 0.343 e. The molecular formula is C17H18FN3O4S. The van der Waals surface area contributed by atoms with Gasteiger partial charge in [-0.15, -0.1) is 0 Å². The van der Waals surface area contributed by atoms with E-state index in [2.05, 4.69) is 15.4 Å². The molecule has 138 valence electrons. The van der Waals surface area contributed by atoms with Gasteiger partial charge in [-0.3, -0.25) is 9.59 Å². The SMILES string of the molecule is CNS(=O)(=O)c1cc(NC(=O)CNC(=O)c2ccc(F)cc2)ccc1C. The van der Waals surface area contributed by atoms with Gasteiger partial charge < -0.3 is 10.6 Å². The second kappa shape index (κ2) is 8.07. The number of nitrogens with one attached hydrogen (secondary N) is 3. The zero-order valence-electron chi connectivity index (χ0n) is 14.2. The lowest BCUT2D eigenvalue weighted by Crippen LogP contribution is -2.32. The number of hydrogen-bond acceptors (Lipinski definition) is 4. The fourth-order valence-electron chi connectivity index (χ4n) is 2.15. The number of carbonyl (C=O) groups is 2.